The molecular formula is C19H15N3O2S2. The first kappa shape index (κ1) is 16.7. The zero-order valence-corrected chi connectivity index (χ0v) is 15.3. The lowest BCUT2D eigenvalue weighted by Crippen LogP contribution is -2.24. The smallest absolute Gasteiger partial charge is 0.261 e. The van der Waals surface area contributed by atoms with Gasteiger partial charge in [-0.1, -0.05) is 29.4 Å². The molecule has 7 heteroatoms. The standard InChI is InChI=1S/C19H15N3O2S2/c23-18(20-11-10-14-7-4-12-25-14)16-9-8-15(26-16)17-21-19(24-22-17)13-5-2-1-3-6-13/h1-9,12H,10-11H2,(H,20,23). The third-order valence-electron chi connectivity index (χ3n) is 3.73. The van der Waals surface area contributed by atoms with Crippen LogP contribution in [0, 0.1) is 0 Å². The average Bonchev–Trinajstić information content (AvgIpc) is 3.42. The molecule has 4 aromatic rings. The SMILES string of the molecule is O=C(NCCc1cccs1)c1ccc(-c2noc(-c3ccccc3)n2)s1. The lowest BCUT2D eigenvalue weighted by atomic mass is 10.2. The molecule has 0 atom stereocenters. The molecule has 3 aromatic heterocycles. The van der Waals surface area contributed by atoms with Crippen molar-refractivity contribution >= 4 is 28.6 Å². The topological polar surface area (TPSA) is 68.0 Å². The molecule has 0 unspecified atom stereocenters. The molecule has 130 valence electrons. The number of carbonyl (C=O) groups is 1. The summed E-state index contributed by atoms with van der Waals surface area (Å²) in [7, 11) is 0. The van der Waals surface area contributed by atoms with Crippen molar-refractivity contribution in [1.82, 2.24) is 15.5 Å². The van der Waals surface area contributed by atoms with Crippen LogP contribution in [0.15, 0.2) is 64.5 Å². The van der Waals surface area contributed by atoms with Crippen LogP contribution in [0.3, 0.4) is 0 Å². The number of hydrogen-bond donors (Lipinski definition) is 1. The van der Waals surface area contributed by atoms with Crippen LogP contribution in [0.5, 0.6) is 0 Å². The molecule has 5 nitrogen and oxygen atoms in total. The number of aromatic nitrogens is 2. The normalized spacial score (nSPS) is 10.8. The predicted molar refractivity (Wildman–Crippen MR) is 103 cm³/mol. The van der Waals surface area contributed by atoms with E-state index >= 15 is 0 Å². The van der Waals surface area contributed by atoms with E-state index in [1.165, 1.54) is 16.2 Å². The van der Waals surface area contributed by atoms with Crippen molar-refractivity contribution in [1.29, 1.82) is 0 Å². The average molecular weight is 381 g/mol. The zero-order valence-electron chi connectivity index (χ0n) is 13.7. The molecule has 0 aliphatic carbocycles. The van der Waals surface area contributed by atoms with Crippen molar-refractivity contribution in [2.24, 2.45) is 0 Å². The summed E-state index contributed by atoms with van der Waals surface area (Å²) in [4.78, 5) is 19.4. The van der Waals surface area contributed by atoms with Gasteiger partial charge in [0.15, 0.2) is 0 Å². The highest BCUT2D eigenvalue weighted by Gasteiger charge is 2.15. The molecule has 0 fully saturated rings. The van der Waals surface area contributed by atoms with E-state index in [1.54, 1.807) is 17.4 Å². The van der Waals surface area contributed by atoms with Gasteiger partial charge in [0.1, 0.15) is 0 Å². The van der Waals surface area contributed by atoms with Crippen LogP contribution in [0.4, 0.5) is 0 Å². The van der Waals surface area contributed by atoms with Crippen LogP contribution >= 0.6 is 22.7 Å². The summed E-state index contributed by atoms with van der Waals surface area (Å²) < 4.78 is 5.33. The Morgan fingerprint density at radius 1 is 1.08 bits per heavy atom. The van der Waals surface area contributed by atoms with Gasteiger partial charge in [0, 0.05) is 17.0 Å². The van der Waals surface area contributed by atoms with E-state index < -0.39 is 0 Å². The second-order valence-corrected chi connectivity index (χ2v) is 7.65. The summed E-state index contributed by atoms with van der Waals surface area (Å²) in [6.07, 6.45) is 0.840. The first-order valence-electron chi connectivity index (χ1n) is 8.09. The Labute approximate surface area is 158 Å². The summed E-state index contributed by atoms with van der Waals surface area (Å²) in [5.74, 6) is 0.882. The molecule has 0 saturated carbocycles. The first-order valence-corrected chi connectivity index (χ1v) is 9.79. The van der Waals surface area contributed by atoms with Crippen LogP contribution < -0.4 is 5.32 Å². The lowest BCUT2D eigenvalue weighted by Gasteiger charge is -2.01. The van der Waals surface area contributed by atoms with Gasteiger partial charge in [0.25, 0.3) is 11.8 Å². The minimum absolute atomic E-state index is 0.0791. The van der Waals surface area contributed by atoms with Crippen LogP contribution in [0.1, 0.15) is 14.5 Å². The van der Waals surface area contributed by atoms with E-state index in [0.717, 1.165) is 16.9 Å². The largest absolute Gasteiger partial charge is 0.351 e. The number of hydrogen-bond acceptors (Lipinski definition) is 6. The number of thiophene rings is 2. The molecule has 4 rings (SSSR count). The highest BCUT2D eigenvalue weighted by Crippen LogP contribution is 2.28. The maximum Gasteiger partial charge on any atom is 0.261 e. The Bertz CT molecular complexity index is 991. The van der Waals surface area contributed by atoms with Gasteiger partial charge in [0.2, 0.25) is 5.82 Å². The summed E-state index contributed by atoms with van der Waals surface area (Å²) in [6, 6.07) is 17.3. The molecule has 0 bridgehead atoms. The maximum atomic E-state index is 12.3. The molecule has 3 heterocycles. The highest BCUT2D eigenvalue weighted by atomic mass is 32.1. The van der Waals surface area contributed by atoms with Gasteiger partial charge in [-0.25, -0.2) is 0 Å². The Balaban J connectivity index is 1.41. The molecule has 1 aromatic carbocycles. The monoisotopic (exact) mass is 381 g/mol. The van der Waals surface area contributed by atoms with E-state index in [1.807, 2.05) is 47.8 Å². The number of carbonyl (C=O) groups excluding carboxylic acids is 1. The Hall–Kier alpha value is -2.77. The number of benzene rings is 1. The van der Waals surface area contributed by atoms with E-state index in [9.17, 15) is 4.79 Å². The number of nitrogens with zero attached hydrogens (tertiary/aromatic N) is 2. The van der Waals surface area contributed by atoms with Crippen LogP contribution in [-0.4, -0.2) is 22.6 Å². The molecule has 0 spiro atoms. The Morgan fingerprint density at radius 3 is 2.77 bits per heavy atom. The Morgan fingerprint density at radius 2 is 1.96 bits per heavy atom. The molecular weight excluding hydrogens is 366 g/mol. The molecule has 1 amide bonds. The quantitative estimate of drug-likeness (QED) is 0.534. The molecule has 0 saturated heterocycles. The molecule has 0 radical (unpaired) electrons. The van der Waals surface area contributed by atoms with Crippen molar-refractivity contribution < 1.29 is 9.32 Å². The molecule has 26 heavy (non-hydrogen) atoms. The van der Waals surface area contributed by atoms with Crippen molar-refractivity contribution in [2.45, 2.75) is 6.42 Å². The molecule has 1 N–H and O–H groups in total. The van der Waals surface area contributed by atoms with Gasteiger partial charge in [-0.15, -0.1) is 22.7 Å². The van der Waals surface area contributed by atoms with Crippen LogP contribution in [0.25, 0.3) is 22.2 Å². The van der Waals surface area contributed by atoms with Gasteiger partial charge in [0.05, 0.1) is 9.75 Å². The van der Waals surface area contributed by atoms with Crippen molar-refractivity contribution in [3.63, 3.8) is 0 Å². The number of nitrogens with one attached hydrogen (secondary N) is 1. The minimum atomic E-state index is -0.0791. The van der Waals surface area contributed by atoms with Crippen LogP contribution in [0.2, 0.25) is 0 Å². The predicted octanol–water partition coefficient (Wildman–Crippen LogP) is 4.50. The zero-order chi connectivity index (χ0) is 17.8. The highest BCUT2D eigenvalue weighted by molar-refractivity contribution is 7.17. The van der Waals surface area contributed by atoms with Gasteiger partial charge in [-0.2, -0.15) is 4.98 Å². The van der Waals surface area contributed by atoms with E-state index in [-0.39, 0.29) is 5.91 Å². The Kier molecular flexibility index (Phi) is 4.90. The lowest BCUT2D eigenvalue weighted by molar-refractivity contribution is 0.0958. The molecule has 0 aliphatic rings. The fourth-order valence-electron chi connectivity index (χ4n) is 2.44. The van der Waals surface area contributed by atoms with E-state index in [0.29, 0.717) is 23.1 Å². The first-order chi connectivity index (χ1) is 12.8. The van der Waals surface area contributed by atoms with Crippen molar-refractivity contribution in [2.75, 3.05) is 6.54 Å². The third kappa shape index (κ3) is 3.74. The minimum Gasteiger partial charge on any atom is -0.351 e. The van der Waals surface area contributed by atoms with Gasteiger partial charge < -0.3 is 9.84 Å². The second kappa shape index (κ2) is 7.63. The summed E-state index contributed by atoms with van der Waals surface area (Å²) >= 11 is 3.05. The van der Waals surface area contributed by atoms with Crippen molar-refractivity contribution in [3.05, 3.63) is 69.7 Å². The van der Waals surface area contributed by atoms with Crippen molar-refractivity contribution in [3.8, 4) is 22.2 Å². The fraction of sp³-hybridized carbons (Fsp3) is 0.105. The summed E-state index contributed by atoms with van der Waals surface area (Å²) in [5, 5.41) is 9.01. The number of rotatable bonds is 6. The van der Waals surface area contributed by atoms with E-state index in [4.69, 9.17) is 4.52 Å². The number of amides is 1. The summed E-state index contributed by atoms with van der Waals surface area (Å²) in [5.41, 5.74) is 0.870. The third-order valence-corrected chi connectivity index (χ3v) is 5.75. The second-order valence-electron chi connectivity index (χ2n) is 5.54. The fourth-order valence-corrected chi connectivity index (χ4v) is 4.00. The van der Waals surface area contributed by atoms with Crippen LogP contribution in [-0.2, 0) is 6.42 Å². The maximum absolute atomic E-state index is 12.3. The summed E-state index contributed by atoms with van der Waals surface area (Å²) in [6.45, 7) is 0.618. The van der Waals surface area contributed by atoms with E-state index in [2.05, 4.69) is 21.5 Å². The van der Waals surface area contributed by atoms with Gasteiger partial charge >= 0.3 is 0 Å². The van der Waals surface area contributed by atoms with Gasteiger partial charge in [-0.3, -0.25) is 4.79 Å². The van der Waals surface area contributed by atoms with Gasteiger partial charge in [-0.05, 0) is 42.1 Å². The molecule has 0 aliphatic heterocycles.